The van der Waals surface area contributed by atoms with Crippen LogP contribution in [0.5, 0.6) is 0 Å². The average Bonchev–Trinajstić information content (AvgIpc) is 3.99. The topological polar surface area (TPSA) is 341 Å². The van der Waals surface area contributed by atoms with E-state index in [0.717, 1.165) is 0 Å². The van der Waals surface area contributed by atoms with Gasteiger partial charge in [-0.1, -0.05) is 6.42 Å². The second-order valence-corrected chi connectivity index (χ2v) is 23.5. The van der Waals surface area contributed by atoms with Gasteiger partial charge in [-0.05, 0) is 19.4 Å². The highest BCUT2D eigenvalue weighted by Gasteiger charge is 2.48. The summed E-state index contributed by atoms with van der Waals surface area (Å²) in [6.07, 6.45) is -17.2. The van der Waals surface area contributed by atoms with Crippen molar-refractivity contribution in [1.82, 2.24) is 5.32 Å². The van der Waals surface area contributed by atoms with Crippen molar-refractivity contribution in [2.75, 3.05) is 84.4 Å². The van der Waals surface area contributed by atoms with Crippen molar-refractivity contribution in [2.45, 2.75) is 119 Å². The number of rotatable bonds is 28. The lowest BCUT2D eigenvalue weighted by Crippen LogP contribution is -2.47. The van der Waals surface area contributed by atoms with E-state index >= 15 is 0 Å². The first-order chi connectivity index (χ1) is 31.3. The molecule has 62 heavy (non-hydrogen) atoms. The summed E-state index contributed by atoms with van der Waals surface area (Å²) in [5.74, 6) is -0.244. The third-order valence-corrected chi connectivity index (χ3v) is 16.7. The molecule has 0 aromatic rings. The van der Waals surface area contributed by atoms with Crippen molar-refractivity contribution in [1.29, 1.82) is 0 Å². The van der Waals surface area contributed by atoms with Gasteiger partial charge in [0.25, 0.3) is 0 Å². The molecule has 8 N–H and O–H groups in total. The van der Waals surface area contributed by atoms with Crippen molar-refractivity contribution in [2.24, 2.45) is 5.92 Å². The molecule has 5 aliphatic heterocycles. The molecule has 5 rings (SSSR count). The van der Waals surface area contributed by atoms with Crippen LogP contribution in [0.4, 0.5) is 0 Å². The molecule has 5 saturated heterocycles. The summed E-state index contributed by atoms with van der Waals surface area (Å²) >= 11 is 0. The Kier molecular flexibility index (Phi) is 18.2. The zero-order valence-corrected chi connectivity index (χ0v) is 38.3. The molecule has 29 heteroatoms. The zero-order chi connectivity index (χ0) is 49.5. The highest BCUT2D eigenvalue weighted by Crippen LogP contribution is 2.55. The Morgan fingerprint density at radius 3 is 1.40 bits per heavy atom. The molecule has 0 aliphatic carbocycles. The summed E-state index contributed by atoms with van der Waals surface area (Å²) in [5.41, 5.74) is 0. The van der Waals surface area contributed by atoms with Crippen LogP contribution in [-0.4, -0.2) is 186 Å². The Balaban J connectivity index is 1.15. The number of unbranched alkanes of at least 4 members (excludes halogenated alkanes) is 1. The Morgan fingerprint density at radius 2 is 1.00 bits per heavy atom. The van der Waals surface area contributed by atoms with E-state index in [1.807, 2.05) is 0 Å². The Hall–Kier alpha value is 0.260. The molecule has 5 heterocycles. The lowest BCUT2D eigenvalue weighted by atomic mass is 10.0. The number of hydrogen-bond donors (Lipinski definition) is 8. The molecule has 5 aliphatic rings. The fourth-order valence-electron chi connectivity index (χ4n) is 7.41. The fourth-order valence-corrected chi connectivity index (χ4v) is 13.9. The van der Waals surface area contributed by atoms with Gasteiger partial charge in [0.05, 0.1) is 74.2 Å². The third kappa shape index (κ3) is 16.8. The minimum absolute atomic E-state index is 0.122. The van der Waals surface area contributed by atoms with Gasteiger partial charge in [-0.25, -0.2) is 0 Å². The van der Waals surface area contributed by atoms with Crippen LogP contribution in [-0.2, 0) is 73.9 Å². The molecule has 0 amide bonds. The maximum atomic E-state index is 13.6. The number of aliphatic hydroxyl groups excluding tert-OH is 2. The number of ether oxygens (including phenoxy) is 6. The monoisotopic (exact) mass is 1010 g/mol. The number of methoxy groups -OCH3 is 1. The molecule has 0 saturated carbocycles. The van der Waals surface area contributed by atoms with Gasteiger partial charge in [-0.15, -0.1) is 9.42 Å². The Labute approximate surface area is 368 Å². The van der Waals surface area contributed by atoms with Gasteiger partial charge in [-0.2, -0.15) is 0 Å². The number of nitrogens with one attached hydrogen (secondary N) is 1. The SMILES string of the molecule is [3H]C1CC(O[P+](=O)O)C(CP(=O)(O)OC2CC([3H])OC2CP(=O)(O)OC2CC([3H])OC2CP(=O)(O)OC2CC([3H])OC2CP(=O)(O)OC2CC([3H])OC2C(NCCCCC(CO)CO)OC)O1. The number of hydrogen-bond acceptors (Lipinski definition) is 19. The standard InChI is InChI=1S/C33H62NO23P5/c1-47-33(34-10-3-2-4-22(16-35)17-36)32-27(9-15-52-32)57-62(45,46)21-31-26(8-14-51-31)56-61(43,44)20-30-25(7-13-50-30)55-60(41,42)19-29-24(6-12-49-29)54-59(39,40)18-28-23(5-11-48-28)53-58(37)38/h22-36H,2-21H2,1H3,(H4-,37,38,39,40,41,42,43,44,45,46)/p+1/i11T,12T,13T,14T,15T. The predicted octanol–water partition coefficient (Wildman–Crippen LogP) is 1.58. The molecule has 5 fully saturated rings. The first-order valence-electron chi connectivity index (χ1n) is 22.9. The van der Waals surface area contributed by atoms with Crippen LogP contribution in [0.3, 0.4) is 0 Å². The highest BCUT2D eigenvalue weighted by molar-refractivity contribution is 7.54. The molecule has 24 nitrogen and oxygen atoms in total. The minimum atomic E-state index is -4.86. The van der Waals surface area contributed by atoms with Crippen molar-refractivity contribution >= 4 is 38.6 Å². The van der Waals surface area contributed by atoms with E-state index < -0.39 is 163 Å². The van der Waals surface area contributed by atoms with E-state index in [1.165, 1.54) is 7.11 Å². The molecule has 362 valence electrons. The summed E-state index contributed by atoms with van der Waals surface area (Å²) in [7, 11) is -20.9. The molecule has 21 atom stereocenters. The van der Waals surface area contributed by atoms with Gasteiger partial charge in [0.15, 0.2) is 0 Å². The normalized spacial score (nSPS) is 42.2. The summed E-state index contributed by atoms with van der Waals surface area (Å²) < 4.78 is 165. The van der Waals surface area contributed by atoms with Gasteiger partial charge in [0.1, 0.15) is 24.5 Å². The molecular formula is C33H63NO23P5+. The minimum Gasteiger partial charge on any atom is -0.396 e. The highest BCUT2D eigenvalue weighted by atomic mass is 31.2. The summed E-state index contributed by atoms with van der Waals surface area (Å²) in [6.45, 7) is -6.40. The first kappa shape index (κ1) is 46.0. The summed E-state index contributed by atoms with van der Waals surface area (Å²) in [4.78, 5) is 52.8. The van der Waals surface area contributed by atoms with E-state index in [-0.39, 0.29) is 51.2 Å². The second kappa shape index (κ2) is 24.5. The van der Waals surface area contributed by atoms with E-state index in [0.29, 0.717) is 25.8 Å². The van der Waals surface area contributed by atoms with Crippen LogP contribution in [0.15, 0.2) is 0 Å². The smallest absolute Gasteiger partial charge is 0.396 e. The van der Waals surface area contributed by atoms with E-state index in [9.17, 15) is 52.6 Å². The van der Waals surface area contributed by atoms with Crippen molar-refractivity contribution in [3.05, 3.63) is 0 Å². The van der Waals surface area contributed by atoms with Gasteiger partial charge in [0, 0.05) is 95.8 Å². The van der Waals surface area contributed by atoms with Crippen LogP contribution in [0.2, 0.25) is 0 Å². The van der Waals surface area contributed by atoms with E-state index in [4.69, 9.17) is 62.8 Å². The van der Waals surface area contributed by atoms with Crippen molar-refractivity contribution in [3.8, 4) is 0 Å². The maximum Gasteiger partial charge on any atom is 0.695 e. The molecular weight excluding hydrogens is 933 g/mol. The van der Waals surface area contributed by atoms with Crippen LogP contribution in [0.25, 0.3) is 0 Å². The van der Waals surface area contributed by atoms with E-state index in [1.54, 1.807) is 0 Å². The lowest BCUT2D eigenvalue weighted by molar-refractivity contribution is -0.0741. The zero-order valence-electron chi connectivity index (χ0n) is 38.8. The van der Waals surface area contributed by atoms with Crippen LogP contribution >= 0.6 is 38.6 Å². The maximum absolute atomic E-state index is 13.6. The lowest BCUT2D eigenvalue weighted by Gasteiger charge is -2.30. The Bertz CT molecular complexity index is 1810. The second-order valence-electron chi connectivity index (χ2n) is 15.4. The van der Waals surface area contributed by atoms with Gasteiger partial charge in [0.2, 0.25) is 0 Å². The average molecular weight is 1010 g/mol. The van der Waals surface area contributed by atoms with Crippen molar-refractivity contribution in [3.63, 3.8) is 0 Å². The van der Waals surface area contributed by atoms with Gasteiger partial charge < -0.3 is 76.3 Å². The first-order valence-corrected chi connectivity index (χ1v) is 28.2. The molecule has 21 unspecified atom stereocenters. The Morgan fingerprint density at radius 1 is 0.629 bits per heavy atom. The van der Waals surface area contributed by atoms with Crippen LogP contribution in [0.1, 0.15) is 58.2 Å². The van der Waals surface area contributed by atoms with Crippen molar-refractivity contribution < 1.29 is 115 Å². The van der Waals surface area contributed by atoms with Crippen LogP contribution < -0.4 is 5.32 Å². The number of aliphatic hydroxyl groups is 2. The molecule has 0 radical (unpaired) electrons. The van der Waals surface area contributed by atoms with Crippen LogP contribution in [0, 0.1) is 5.92 Å². The van der Waals surface area contributed by atoms with Gasteiger partial charge in [-0.3, -0.25) is 23.6 Å². The summed E-state index contributed by atoms with van der Waals surface area (Å²) in [6, 6.07) is 0. The fraction of sp³-hybridized carbons (Fsp3) is 1.00. The summed E-state index contributed by atoms with van der Waals surface area (Å²) in [5, 5.41) is 21.7. The van der Waals surface area contributed by atoms with E-state index in [2.05, 4.69) is 5.32 Å². The molecule has 0 spiro atoms. The molecule has 0 aromatic heterocycles. The largest absolute Gasteiger partial charge is 0.695 e. The molecule has 0 bridgehead atoms. The van der Waals surface area contributed by atoms with Gasteiger partial charge >= 0.3 is 38.6 Å². The third-order valence-electron chi connectivity index (χ3n) is 10.5. The molecule has 0 aromatic carbocycles. The predicted molar refractivity (Wildman–Crippen MR) is 215 cm³/mol. The quantitative estimate of drug-likeness (QED) is 0.0313.